The van der Waals surface area contributed by atoms with Gasteiger partial charge in [-0.15, -0.1) is 0 Å². The van der Waals surface area contributed by atoms with E-state index < -0.39 is 45.2 Å². The fourth-order valence-electron chi connectivity index (χ4n) is 4.88. The Morgan fingerprint density at radius 3 is 1.69 bits per heavy atom. The maximum atomic E-state index is 12.4. The van der Waals surface area contributed by atoms with Gasteiger partial charge in [-0.25, -0.2) is 4.57 Å². The predicted octanol–water partition coefficient (Wildman–Crippen LogP) is 11.4. The van der Waals surface area contributed by atoms with Crippen LogP contribution in [0.3, 0.4) is 0 Å². The molecule has 0 amide bonds. The van der Waals surface area contributed by atoms with Gasteiger partial charge in [0.15, 0.2) is 6.10 Å². The van der Waals surface area contributed by atoms with E-state index in [0.29, 0.717) is 19.3 Å². The molecule has 0 fully saturated rings. The van der Waals surface area contributed by atoms with Gasteiger partial charge < -0.3 is 24.4 Å². The summed E-state index contributed by atoms with van der Waals surface area (Å²) in [4.78, 5) is 42.8. The molecule has 0 aromatic carbocycles. The Morgan fingerprint density at radius 2 is 1.11 bits per heavy atom. The van der Waals surface area contributed by atoms with Crippen molar-refractivity contribution in [1.82, 2.24) is 0 Å². The normalized spacial score (nSPS) is 14.2. The number of unbranched alkanes of at least 4 members (excludes halogenated alkanes) is 6. The molecule has 0 aromatic heterocycles. The number of phosphoric ester groups is 1. The summed E-state index contributed by atoms with van der Waals surface area (Å²) in [6.07, 6.45) is 51.4. The minimum atomic E-state index is -4.83. The van der Waals surface area contributed by atoms with Crippen molar-refractivity contribution in [2.24, 2.45) is 0 Å². The van der Waals surface area contributed by atoms with Crippen LogP contribution in [0.5, 0.6) is 0 Å². The molecular weight excluding hydrogens is 715 g/mol. The molecule has 9 nitrogen and oxygen atoms in total. The number of aliphatic hydroxyl groups is 1. The van der Waals surface area contributed by atoms with Gasteiger partial charge in [-0.1, -0.05) is 155 Å². The third kappa shape index (κ3) is 41.7. The number of aliphatic hydroxyl groups excluding tert-OH is 1. The van der Waals surface area contributed by atoms with E-state index in [1.807, 2.05) is 24.3 Å². The lowest BCUT2D eigenvalue weighted by Crippen LogP contribution is -2.29. The molecule has 2 atom stereocenters. The highest BCUT2D eigenvalue weighted by atomic mass is 31.2. The van der Waals surface area contributed by atoms with Crippen LogP contribution in [0.25, 0.3) is 0 Å². The first-order valence-electron chi connectivity index (χ1n) is 20.3. The molecule has 1 unspecified atom stereocenters. The van der Waals surface area contributed by atoms with Crippen LogP contribution in [0.15, 0.2) is 109 Å². The van der Waals surface area contributed by atoms with Gasteiger partial charge in [0.05, 0.1) is 12.7 Å². The number of hydrogen-bond donors (Lipinski definition) is 3. The molecule has 0 saturated heterocycles. The van der Waals surface area contributed by atoms with E-state index in [2.05, 4.69) is 91.3 Å². The summed E-state index contributed by atoms with van der Waals surface area (Å²) in [6.45, 7) is 3.32. The van der Waals surface area contributed by atoms with E-state index in [4.69, 9.17) is 19.3 Å². The fourth-order valence-corrected chi connectivity index (χ4v) is 5.24. The van der Waals surface area contributed by atoms with Crippen LogP contribution < -0.4 is 0 Å². The molecule has 10 heteroatoms. The Kier molecular flexibility index (Phi) is 36.6. The monoisotopic (exact) mass is 786 g/mol. The molecule has 0 aliphatic carbocycles. The van der Waals surface area contributed by atoms with Gasteiger partial charge in [0, 0.05) is 12.8 Å². The number of rotatable bonds is 35. The SMILES string of the molecule is CC/C=C\C/C=C\C/C=C\C/C=C\C/C=C\C/C=C\CCC(=O)OC[C@H](COP(=O)(O)O)OC(=O)CCCC(O)/C=C/C=C/C/C=C/CCCCCCCC. The van der Waals surface area contributed by atoms with E-state index in [1.54, 1.807) is 12.2 Å². The Hall–Kier alpha value is -3.33. The van der Waals surface area contributed by atoms with Gasteiger partial charge in [-0.3, -0.25) is 14.1 Å². The fraction of sp³-hybridized carbons (Fsp3) is 0.556. The van der Waals surface area contributed by atoms with Gasteiger partial charge >= 0.3 is 19.8 Å². The Bertz CT molecular complexity index is 1270. The van der Waals surface area contributed by atoms with Crippen LogP contribution in [0, 0.1) is 0 Å². The number of hydrogen-bond acceptors (Lipinski definition) is 7. The summed E-state index contributed by atoms with van der Waals surface area (Å²) in [5, 5.41) is 10.2. The van der Waals surface area contributed by atoms with Crippen molar-refractivity contribution in [1.29, 1.82) is 0 Å². The molecule has 0 saturated carbocycles. The van der Waals surface area contributed by atoms with Crippen molar-refractivity contribution in [3.63, 3.8) is 0 Å². The minimum absolute atomic E-state index is 0.0345. The van der Waals surface area contributed by atoms with E-state index in [0.717, 1.165) is 51.4 Å². The maximum Gasteiger partial charge on any atom is 0.469 e. The van der Waals surface area contributed by atoms with Crippen LogP contribution in [0.2, 0.25) is 0 Å². The zero-order valence-corrected chi connectivity index (χ0v) is 34.5. The van der Waals surface area contributed by atoms with Gasteiger partial charge in [0.2, 0.25) is 0 Å². The summed E-state index contributed by atoms with van der Waals surface area (Å²) in [5.74, 6) is -1.19. The highest BCUT2D eigenvalue weighted by molar-refractivity contribution is 7.46. The number of ether oxygens (including phenoxy) is 2. The zero-order chi connectivity index (χ0) is 40.5. The third-order valence-corrected chi connectivity index (χ3v) is 8.38. The van der Waals surface area contributed by atoms with Crippen molar-refractivity contribution in [3.05, 3.63) is 109 Å². The second kappa shape index (κ2) is 38.9. The van der Waals surface area contributed by atoms with Crippen molar-refractivity contribution >= 4 is 19.8 Å². The number of carbonyl (C=O) groups is 2. The first kappa shape index (κ1) is 51.7. The molecule has 0 aliphatic heterocycles. The van der Waals surface area contributed by atoms with Gasteiger partial charge in [0.25, 0.3) is 0 Å². The van der Waals surface area contributed by atoms with E-state index in [1.165, 1.54) is 38.5 Å². The first-order valence-corrected chi connectivity index (χ1v) is 21.8. The molecular formula is C45H71O9P. The summed E-state index contributed by atoms with van der Waals surface area (Å²) in [5.41, 5.74) is 0. The lowest BCUT2D eigenvalue weighted by molar-refractivity contribution is -0.161. The van der Waals surface area contributed by atoms with Crippen molar-refractivity contribution in [2.75, 3.05) is 13.2 Å². The van der Waals surface area contributed by atoms with Crippen molar-refractivity contribution in [2.45, 2.75) is 148 Å². The molecule has 3 N–H and O–H groups in total. The molecule has 55 heavy (non-hydrogen) atoms. The molecule has 0 bridgehead atoms. The smallest absolute Gasteiger partial charge is 0.462 e. The van der Waals surface area contributed by atoms with Gasteiger partial charge in [0.1, 0.15) is 6.61 Å². The topological polar surface area (TPSA) is 140 Å². The standard InChI is InChI=1S/C45H71O9P/c1-3-5-7-9-11-13-15-17-18-19-20-21-22-24-26-28-30-32-34-38-44(47)52-40-43(41-53-55(49,50)51)54-45(48)39-35-37-42(46)36-33-31-29-27-25-23-16-14-12-10-8-6-4-2/h5,7,11,13,17-18,20-21,23-26,29-33,36,42-43,46H,3-4,6,8-10,12,14-16,19,22,27-28,34-35,37-41H2,1-2H3,(H2,49,50,51)/b7-5-,13-11-,18-17-,21-20-,25-23+,26-24-,31-29+,32-30-,36-33+/t42?,43-/m1/s1. The van der Waals surface area contributed by atoms with Crippen LogP contribution in [-0.2, 0) is 28.2 Å². The Balaban J connectivity index is 4.28. The number of esters is 2. The lowest BCUT2D eigenvalue weighted by Gasteiger charge is -2.18. The summed E-state index contributed by atoms with van der Waals surface area (Å²) < 4.78 is 26.2. The molecule has 0 rings (SSSR count). The van der Waals surface area contributed by atoms with Gasteiger partial charge in [-0.2, -0.15) is 0 Å². The molecule has 0 aromatic rings. The molecule has 0 spiro atoms. The average molecular weight is 787 g/mol. The van der Waals surface area contributed by atoms with Crippen LogP contribution in [0.4, 0.5) is 0 Å². The Morgan fingerprint density at radius 1 is 0.582 bits per heavy atom. The average Bonchev–Trinajstić information content (AvgIpc) is 3.15. The van der Waals surface area contributed by atoms with Gasteiger partial charge in [-0.05, 0) is 77.0 Å². The quantitative estimate of drug-likeness (QED) is 0.0188. The zero-order valence-electron chi connectivity index (χ0n) is 33.6. The molecule has 0 heterocycles. The summed E-state index contributed by atoms with van der Waals surface area (Å²) in [6, 6.07) is 0. The second-order valence-electron chi connectivity index (χ2n) is 13.1. The summed E-state index contributed by atoms with van der Waals surface area (Å²) in [7, 11) is -4.83. The van der Waals surface area contributed by atoms with E-state index >= 15 is 0 Å². The van der Waals surface area contributed by atoms with Crippen molar-refractivity contribution in [3.8, 4) is 0 Å². The van der Waals surface area contributed by atoms with E-state index in [-0.39, 0.29) is 12.8 Å². The van der Waals surface area contributed by atoms with Crippen LogP contribution >= 0.6 is 7.82 Å². The number of carbonyl (C=O) groups excluding carboxylic acids is 2. The van der Waals surface area contributed by atoms with Crippen LogP contribution in [-0.4, -0.2) is 52.3 Å². The number of allylic oxidation sites excluding steroid dienone is 17. The lowest BCUT2D eigenvalue weighted by atomic mass is 10.1. The highest BCUT2D eigenvalue weighted by Crippen LogP contribution is 2.36. The third-order valence-electron chi connectivity index (χ3n) is 7.89. The molecule has 310 valence electrons. The minimum Gasteiger partial charge on any atom is -0.462 e. The number of phosphoric acid groups is 1. The highest BCUT2D eigenvalue weighted by Gasteiger charge is 2.23. The Labute approximate surface area is 332 Å². The maximum absolute atomic E-state index is 12.4. The second-order valence-corrected chi connectivity index (χ2v) is 14.3. The summed E-state index contributed by atoms with van der Waals surface area (Å²) >= 11 is 0. The van der Waals surface area contributed by atoms with E-state index in [9.17, 15) is 19.3 Å². The van der Waals surface area contributed by atoms with Crippen LogP contribution in [0.1, 0.15) is 136 Å². The van der Waals surface area contributed by atoms with Crippen molar-refractivity contribution < 1.29 is 43.0 Å². The largest absolute Gasteiger partial charge is 0.469 e. The molecule has 0 radical (unpaired) electrons. The molecule has 0 aliphatic rings. The predicted molar refractivity (Wildman–Crippen MR) is 226 cm³/mol. The first-order chi connectivity index (χ1) is 26.7.